The molecule has 0 bridgehead atoms. The summed E-state index contributed by atoms with van der Waals surface area (Å²) in [5, 5.41) is 0. The Morgan fingerprint density at radius 1 is 1.26 bits per heavy atom. The third kappa shape index (κ3) is 4.32. The second-order valence-corrected chi connectivity index (χ2v) is 5.94. The molecule has 2 heteroatoms. The van der Waals surface area contributed by atoms with Crippen LogP contribution in [0, 0.1) is 6.92 Å². The Hall–Kier alpha value is -0.860. The molecule has 106 valence electrons. The molecule has 1 aromatic carbocycles. The van der Waals surface area contributed by atoms with Crippen molar-refractivity contribution >= 4 is 0 Å². The zero-order valence-corrected chi connectivity index (χ0v) is 12.6. The van der Waals surface area contributed by atoms with Crippen LogP contribution in [-0.2, 0) is 11.3 Å². The van der Waals surface area contributed by atoms with Crippen molar-refractivity contribution < 1.29 is 4.74 Å². The van der Waals surface area contributed by atoms with E-state index in [1.54, 1.807) is 0 Å². The van der Waals surface area contributed by atoms with E-state index in [0.29, 0.717) is 12.1 Å². The normalized spacial score (nSPS) is 20.2. The van der Waals surface area contributed by atoms with E-state index in [-0.39, 0.29) is 0 Å². The van der Waals surface area contributed by atoms with Crippen molar-refractivity contribution in [1.82, 2.24) is 4.90 Å². The summed E-state index contributed by atoms with van der Waals surface area (Å²) in [5.74, 6) is 0. The average molecular weight is 261 g/mol. The summed E-state index contributed by atoms with van der Waals surface area (Å²) in [7, 11) is 0. The summed E-state index contributed by atoms with van der Waals surface area (Å²) in [6, 6.07) is 9.25. The maximum atomic E-state index is 5.88. The maximum absolute atomic E-state index is 5.88. The Balaban J connectivity index is 1.97. The van der Waals surface area contributed by atoms with Crippen LogP contribution in [0.15, 0.2) is 24.3 Å². The van der Waals surface area contributed by atoms with Crippen molar-refractivity contribution in [3.8, 4) is 0 Å². The minimum atomic E-state index is 0.431. The Bertz CT molecular complexity index is 383. The fourth-order valence-electron chi connectivity index (χ4n) is 2.68. The first-order valence-corrected chi connectivity index (χ1v) is 7.57. The van der Waals surface area contributed by atoms with Crippen molar-refractivity contribution in [3.63, 3.8) is 0 Å². The fourth-order valence-corrected chi connectivity index (χ4v) is 2.68. The lowest BCUT2D eigenvalue weighted by Gasteiger charge is -2.32. The maximum Gasteiger partial charge on any atom is 0.0702 e. The molecule has 1 heterocycles. The molecule has 0 N–H and O–H groups in total. The van der Waals surface area contributed by atoms with Gasteiger partial charge in [-0.15, -0.1) is 0 Å². The van der Waals surface area contributed by atoms with Crippen LogP contribution in [0.3, 0.4) is 0 Å². The van der Waals surface area contributed by atoms with Gasteiger partial charge >= 0.3 is 0 Å². The number of nitrogens with zero attached hydrogens (tertiary/aromatic N) is 1. The van der Waals surface area contributed by atoms with Crippen molar-refractivity contribution in [2.24, 2.45) is 0 Å². The topological polar surface area (TPSA) is 12.5 Å². The minimum Gasteiger partial charge on any atom is -0.377 e. The average Bonchev–Trinajstić information content (AvgIpc) is 2.41. The lowest BCUT2D eigenvalue weighted by atomic mass is 10.1. The molecule has 0 aliphatic carbocycles. The predicted molar refractivity (Wildman–Crippen MR) is 80.3 cm³/mol. The summed E-state index contributed by atoms with van der Waals surface area (Å²) < 4.78 is 5.88. The van der Waals surface area contributed by atoms with Crippen LogP contribution in [0.25, 0.3) is 0 Å². The van der Waals surface area contributed by atoms with E-state index in [4.69, 9.17) is 4.74 Å². The van der Waals surface area contributed by atoms with Gasteiger partial charge < -0.3 is 4.74 Å². The van der Waals surface area contributed by atoms with E-state index in [1.165, 1.54) is 30.4 Å². The van der Waals surface area contributed by atoms with E-state index in [9.17, 15) is 0 Å². The second-order valence-electron chi connectivity index (χ2n) is 5.94. The van der Waals surface area contributed by atoms with Crippen LogP contribution in [0.1, 0.15) is 44.2 Å². The Morgan fingerprint density at radius 2 is 2.05 bits per heavy atom. The largest absolute Gasteiger partial charge is 0.377 e. The van der Waals surface area contributed by atoms with Gasteiger partial charge in [0.2, 0.25) is 0 Å². The molecule has 1 fully saturated rings. The number of hydrogen-bond donors (Lipinski definition) is 0. The van der Waals surface area contributed by atoms with Gasteiger partial charge in [-0.3, -0.25) is 4.90 Å². The quantitative estimate of drug-likeness (QED) is 0.800. The zero-order chi connectivity index (χ0) is 13.7. The summed E-state index contributed by atoms with van der Waals surface area (Å²) in [4.78, 5) is 2.54. The summed E-state index contributed by atoms with van der Waals surface area (Å²) in [5.41, 5.74) is 2.82. The van der Waals surface area contributed by atoms with Gasteiger partial charge in [0.25, 0.3) is 0 Å². The summed E-state index contributed by atoms with van der Waals surface area (Å²) in [6.45, 7) is 9.80. The Kier molecular flexibility index (Phi) is 5.41. The third-order valence-electron chi connectivity index (χ3n) is 4.08. The molecule has 1 aliphatic heterocycles. The van der Waals surface area contributed by atoms with E-state index in [2.05, 4.69) is 49.9 Å². The van der Waals surface area contributed by atoms with Crippen LogP contribution in [0.5, 0.6) is 0 Å². The number of benzene rings is 1. The molecule has 1 aromatic rings. The van der Waals surface area contributed by atoms with E-state index >= 15 is 0 Å². The molecule has 1 aliphatic rings. The van der Waals surface area contributed by atoms with E-state index in [0.717, 1.165) is 19.7 Å². The van der Waals surface area contributed by atoms with Crippen LogP contribution >= 0.6 is 0 Å². The molecule has 19 heavy (non-hydrogen) atoms. The minimum absolute atomic E-state index is 0.431. The Labute approximate surface area is 117 Å². The lowest BCUT2D eigenvalue weighted by Crippen LogP contribution is -2.39. The highest BCUT2D eigenvalue weighted by molar-refractivity contribution is 5.25. The molecule has 1 saturated heterocycles. The molecule has 2 nitrogen and oxygen atoms in total. The predicted octanol–water partition coefficient (Wildman–Crippen LogP) is 3.77. The van der Waals surface area contributed by atoms with Gasteiger partial charge in [0, 0.05) is 25.7 Å². The molecular formula is C17H27NO. The van der Waals surface area contributed by atoms with Crippen molar-refractivity contribution in [1.29, 1.82) is 0 Å². The van der Waals surface area contributed by atoms with Crippen molar-refractivity contribution in [3.05, 3.63) is 35.4 Å². The molecular weight excluding hydrogens is 234 g/mol. The zero-order valence-electron chi connectivity index (χ0n) is 12.6. The van der Waals surface area contributed by atoms with Crippen molar-refractivity contribution in [2.45, 2.75) is 58.7 Å². The van der Waals surface area contributed by atoms with Gasteiger partial charge in [0.15, 0.2) is 0 Å². The first kappa shape index (κ1) is 14.5. The van der Waals surface area contributed by atoms with E-state index < -0.39 is 0 Å². The van der Waals surface area contributed by atoms with Gasteiger partial charge in [0.1, 0.15) is 0 Å². The lowest BCUT2D eigenvalue weighted by molar-refractivity contribution is -0.0129. The Morgan fingerprint density at radius 3 is 2.68 bits per heavy atom. The number of ether oxygens (including phenoxy) is 1. The molecule has 0 saturated carbocycles. The van der Waals surface area contributed by atoms with Gasteiger partial charge in [-0.1, -0.05) is 24.3 Å². The summed E-state index contributed by atoms with van der Waals surface area (Å²) in [6.07, 6.45) is 4.20. The van der Waals surface area contributed by atoms with E-state index in [1.807, 2.05) is 0 Å². The van der Waals surface area contributed by atoms with Gasteiger partial charge in [0.05, 0.1) is 6.10 Å². The number of aryl methyl sites for hydroxylation is 1. The van der Waals surface area contributed by atoms with Crippen molar-refractivity contribution in [2.75, 3.05) is 13.2 Å². The smallest absolute Gasteiger partial charge is 0.0702 e. The highest BCUT2D eigenvalue weighted by Gasteiger charge is 2.20. The number of rotatable bonds is 5. The van der Waals surface area contributed by atoms with Crippen LogP contribution in [-0.4, -0.2) is 30.2 Å². The standard InChI is InChI=1S/C17H27NO/c1-14(2)18(13-17-10-6-7-11-19-17)12-16-9-5-4-8-15(16)3/h4-5,8-9,14,17H,6-7,10-13H2,1-3H3/t17-/m0/s1. The SMILES string of the molecule is Cc1ccccc1CN(C[C@@H]1CCCCO1)C(C)C. The molecule has 0 spiro atoms. The van der Waals surface area contributed by atoms with Crippen LogP contribution in [0.4, 0.5) is 0 Å². The van der Waals surface area contributed by atoms with Gasteiger partial charge in [-0.25, -0.2) is 0 Å². The third-order valence-corrected chi connectivity index (χ3v) is 4.08. The first-order chi connectivity index (χ1) is 9.16. The molecule has 1 atom stereocenters. The van der Waals surface area contributed by atoms with Crippen LogP contribution < -0.4 is 0 Å². The second kappa shape index (κ2) is 7.06. The first-order valence-electron chi connectivity index (χ1n) is 7.57. The van der Waals surface area contributed by atoms with Gasteiger partial charge in [-0.05, 0) is 51.2 Å². The molecule has 0 amide bonds. The van der Waals surface area contributed by atoms with Crippen LogP contribution in [0.2, 0.25) is 0 Å². The highest BCUT2D eigenvalue weighted by Crippen LogP contribution is 2.18. The highest BCUT2D eigenvalue weighted by atomic mass is 16.5. The monoisotopic (exact) mass is 261 g/mol. The molecule has 0 radical (unpaired) electrons. The summed E-state index contributed by atoms with van der Waals surface area (Å²) >= 11 is 0. The molecule has 0 unspecified atom stereocenters. The number of hydrogen-bond acceptors (Lipinski definition) is 2. The molecule has 2 rings (SSSR count). The van der Waals surface area contributed by atoms with Gasteiger partial charge in [-0.2, -0.15) is 0 Å². The fraction of sp³-hybridized carbons (Fsp3) is 0.647. The molecule has 0 aromatic heterocycles.